The third kappa shape index (κ3) is 3.49. The summed E-state index contributed by atoms with van der Waals surface area (Å²) in [5.41, 5.74) is 8.16. The Morgan fingerprint density at radius 2 is 1.57 bits per heavy atom. The normalized spacial score (nSPS) is 10.1. The number of nitrogens with one attached hydrogen (secondary N) is 2. The Balaban J connectivity index is 1.70. The molecule has 0 fully saturated rings. The first-order valence-corrected chi connectivity index (χ1v) is 7.12. The molecule has 2 N–H and O–H groups in total. The van der Waals surface area contributed by atoms with Crippen LogP contribution >= 0.6 is 0 Å². The van der Waals surface area contributed by atoms with E-state index >= 15 is 0 Å². The largest absolute Gasteiger partial charge is 0.269 e. The molecule has 0 unspecified atom stereocenters. The van der Waals surface area contributed by atoms with Gasteiger partial charge >= 0.3 is 0 Å². The first kappa shape index (κ1) is 14.6. The number of aromatic nitrogens is 3. The van der Waals surface area contributed by atoms with Crippen LogP contribution in [0, 0.1) is 6.92 Å². The van der Waals surface area contributed by atoms with E-state index in [0.29, 0.717) is 11.3 Å². The fraction of sp³-hybridized carbons (Fsp3) is 0.0588. The molecule has 1 amide bonds. The molecular formula is C17H15N5O. The summed E-state index contributed by atoms with van der Waals surface area (Å²) < 4.78 is 0. The number of hydrogen-bond donors (Lipinski definition) is 2. The van der Waals surface area contributed by atoms with Crippen LogP contribution in [0.4, 0.5) is 5.95 Å². The maximum Gasteiger partial charge on any atom is 0.269 e. The molecule has 6 nitrogen and oxygen atoms in total. The molecule has 0 aliphatic carbocycles. The van der Waals surface area contributed by atoms with Crippen LogP contribution in [0.2, 0.25) is 0 Å². The summed E-state index contributed by atoms with van der Waals surface area (Å²) in [5.74, 6) is -0.0227. The molecule has 0 atom stereocenters. The Labute approximate surface area is 133 Å². The number of amides is 1. The van der Waals surface area contributed by atoms with Crippen LogP contribution < -0.4 is 10.9 Å². The van der Waals surface area contributed by atoms with Crippen molar-refractivity contribution < 1.29 is 4.79 Å². The molecule has 6 heteroatoms. The molecule has 0 aliphatic heterocycles. The summed E-state index contributed by atoms with van der Waals surface area (Å²) in [6.07, 6.45) is 0. The van der Waals surface area contributed by atoms with Crippen molar-refractivity contribution in [1.82, 2.24) is 20.6 Å². The van der Waals surface area contributed by atoms with Gasteiger partial charge in [0.2, 0.25) is 0 Å². The molecule has 1 aromatic heterocycles. The Bertz CT molecular complexity index is 806. The van der Waals surface area contributed by atoms with E-state index in [-0.39, 0.29) is 11.9 Å². The molecule has 0 saturated carbocycles. The van der Waals surface area contributed by atoms with Crippen LogP contribution in [0.1, 0.15) is 16.1 Å². The zero-order valence-electron chi connectivity index (χ0n) is 12.5. The number of nitrogens with zero attached hydrogens (tertiary/aromatic N) is 3. The topological polar surface area (TPSA) is 79.8 Å². The Kier molecular flexibility index (Phi) is 4.24. The SMILES string of the molecule is Cc1nc(NNC(=O)c2ccccc2)nnc1-c1ccccc1. The van der Waals surface area contributed by atoms with Gasteiger partial charge in [0, 0.05) is 11.1 Å². The molecule has 3 rings (SSSR count). The van der Waals surface area contributed by atoms with Crippen molar-refractivity contribution in [2.75, 3.05) is 5.43 Å². The molecule has 114 valence electrons. The summed E-state index contributed by atoms with van der Waals surface area (Å²) in [7, 11) is 0. The Morgan fingerprint density at radius 3 is 2.22 bits per heavy atom. The smallest absolute Gasteiger partial charge is 0.267 e. The molecule has 0 saturated heterocycles. The highest BCUT2D eigenvalue weighted by Gasteiger charge is 2.09. The first-order chi connectivity index (χ1) is 11.2. The fourth-order valence-electron chi connectivity index (χ4n) is 2.09. The van der Waals surface area contributed by atoms with E-state index in [9.17, 15) is 4.79 Å². The van der Waals surface area contributed by atoms with E-state index in [1.807, 2.05) is 43.3 Å². The molecule has 0 spiro atoms. The van der Waals surface area contributed by atoms with Crippen molar-refractivity contribution in [2.24, 2.45) is 0 Å². The second-order valence-electron chi connectivity index (χ2n) is 4.88. The second kappa shape index (κ2) is 6.65. The maximum absolute atomic E-state index is 11.9. The van der Waals surface area contributed by atoms with Gasteiger partial charge in [0.05, 0.1) is 5.69 Å². The van der Waals surface area contributed by atoms with Gasteiger partial charge < -0.3 is 0 Å². The fourth-order valence-corrected chi connectivity index (χ4v) is 2.09. The third-order valence-electron chi connectivity index (χ3n) is 3.23. The van der Waals surface area contributed by atoms with Crippen molar-refractivity contribution in [1.29, 1.82) is 0 Å². The summed E-state index contributed by atoms with van der Waals surface area (Å²) >= 11 is 0. The van der Waals surface area contributed by atoms with Gasteiger partial charge in [0.1, 0.15) is 5.69 Å². The molecular weight excluding hydrogens is 290 g/mol. The lowest BCUT2D eigenvalue weighted by Crippen LogP contribution is -2.30. The van der Waals surface area contributed by atoms with Crippen molar-refractivity contribution >= 4 is 11.9 Å². The first-order valence-electron chi connectivity index (χ1n) is 7.12. The predicted octanol–water partition coefficient (Wildman–Crippen LogP) is 2.60. The van der Waals surface area contributed by atoms with Gasteiger partial charge in [-0.25, -0.2) is 4.98 Å². The number of rotatable bonds is 4. The van der Waals surface area contributed by atoms with E-state index in [0.717, 1.165) is 11.3 Å². The van der Waals surface area contributed by atoms with Gasteiger partial charge in [-0.3, -0.25) is 15.6 Å². The van der Waals surface area contributed by atoms with E-state index < -0.39 is 0 Å². The molecule has 1 heterocycles. The third-order valence-corrected chi connectivity index (χ3v) is 3.23. The predicted molar refractivity (Wildman–Crippen MR) is 87.5 cm³/mol. The van der Waals surface area contributed by atoms with Crippen LogP contribution in [0.3, 0.4) is 0 Å². The van der Waals surface area contributed by atoms with Gasteiger partial charge in [0.15, 0.2) is 0 Å². The van der Waals surface area contributed by atoms with Gasteiger partial charge in [-0.15, -0.1) is 10.2 Å². The van der Waals surface area contributed by atoms with Crippen molar-refractivity contribution in [2.45, 2.75) is 6.92 Å². The number of aryl methyl sites for hydroxylation is 1. The van der Waals surface area contributed by atoms with Crippen LogP contribution in [-0.4, -0.2) is 21.1 Å². The number of hydrazine groups is 1. The number of carbonyl (C=O) groups is 1. The number of carbonyl (C=O) groups excluding carboxylic acids is 1. The minimum absolute atomic E-state index is 0.242. The minimum Gasteiger partial charge on any atom is -0.267 e. The summed E-state index contributed by atoms with van der Waals surface area (Å²) in [5, 5.41) is 8.17. The van der Waals surface area contributed by atoms with E-state index in [4.69, 9.17) is 0 Å². The molecule has 0 bridgehead atoms. The monoisotopic (exact) mass is 305 g/mol. The molecule has 3 aromatic rings. The maximum atomic E-state index is 11.9. The zero-order chi connectivity index (χ0) is 16.1. The highest BCUT2D eigenvalue weighted by molar-refractivity contribution is 5.94. The minimum atomic E-state index is -0.265. The number of anilines is 1. The summed E-state index contributed by atoms with van der Waals surface area (Å²) in [4.78, 5) is 16.3. The van der Waals surface area contributed by atoms with Gasteiger partial charge in [-0.05, 0) is 19.1 Å². The van der Waals surface area contributed by atoms with Crippen LogP contribution in [0.5, 0.6) is 0 Å². The summed E-state index contributed by atoms with van der Waals surface area (Å²) in [6, 6.07) is 18.6. The average Bonchev–Trinajstić information content (AvgIpc) is 2.61. The Morgan fingerprint density at radius 1 is 0.913 bits per heavy atom. The summed E-state index contributed by atoms with van der Waals surface area (Å²) in [6.45, 7) is 1.85. The Hall–Kier alpha value is -3.28. The lowest BCUT2D eigenvalue weighted by atomic mass is 10.1. The van der Waals surface area contributed by atoms with E-state index in [1.54, 1.807) is 24.3 Å². The lowest BCUT2D eigenvalue weighted by Gasteiger charge is -2.08. The van der Waals surface area contributed by atoms with Gasteiger partial charge in [0.25, 0.3) is 11.9 Å². The van der Waals surface area contributed by atoms with Gasteiger partial charge in [-0.2, -0.15) is 0 Å². The zero-order valence-corrected chi connectivity index (χ0v) is 12.5. The highest BCUT2D eigenvalue weighted by atomic mass is 16.2. The average molecular weight is 305 g/mol. The van der Waals surface area contributed by atoms with Crippen molar-refractivity contribution in [3.8, 4) is 11.3 Å². The highest BCUT2D eigenvalue weighted by Crippen LogP contribution is 2.18. The second-order valence-corrected chi connectivity index (χ2v) is 4.88. The van der Waals surface area contributed by atoms with Crippen LogP contribution in [-0.2, 0) is 0 Å². The van der Waals surface area contributed by atoms with E-state index in [2.05, 4.69) is 26.0 Å². The number of hydrogen-bond acceptors (Lipinski definition) is 5. The lowest BCUT2D eigenvalue weighted by molar-refractivity contribution is 0.0962. The molecule has 0 aliphatic rings. The van der Waals surface area contributed by atoms with Crippen LogP contribution in [0.25, 0.3) is 11.3 Å². The molecule has 2 aromatic carbocycles. The quantitative estimate of drug-likeness (QED) is 0.724. The molecule has 0 radical (unpaired) electrons. The number of benzene rings is 2. The molecule has 23 heavy (non-hydrogen) atoms. The standard InChI is InChI=1S/C17H15N5O/c1-12-15(13-8-4-2-5-9-13)19-21-17(18-12)22-20-16(23)14-10-6-3-7-11-14/h2-11H,1H3,(H,20,23)(H,18,21,22). The van der Waals surface area contributed by atoms with Gasteiger partial charge in [-0.1, -0.05) is 48.5 Å². The van der Waals surface area contributed by atoms with Crippen molar-refractivity contribution in [3.63, 3.8) is 0 Å². The van der Waals surface area contributed by atoms with Crippen molar-refractivity contribution in [3.05, 3.63) is 71.9 Å². The van der Waals surface area contributed by atoms with Crippen LogP contribution in [0.15, 0.2) is 60.7 Å². The van der Waals surface area contributed by atoms with E-state index in [1.165, 1.54) is 0 Å².